The van der Waals surface area contributed by atoms with Gasteiger partial charge < -0.3 is 16.0 Å². The van der Waals surface area contributed by atoms with Crippen LogP contribution in [-0.4, -0.2) is 59.5 Å². The predicted molar refractivity (Wildman–Crippen MR) is 135 cm³/mol. The van der Waals surface area contributed by atoms with Crippen molar-refractivity contribution in [2.24, 2.45) is 4.99 Å². The Labute approximate surface area is 203 Å². The fourth-order valence-electron chi connectivity index (χ4n) is 4.91. The first-order valence-corrected chi connectivity index (χ1v) is 12.1. The van der Waals surface area contributed by atoms with Gasteiger partial charge in [-0.2, -0.15) is 0 Å². The number of nitrogens with one attached hydrogen (secondary N) is 3. The highest BCUT2D eigenvalue weighted by molar-refractivity contribution is 6.30. The van der Waals surface area contributed by atoms with Gasteiger partial charge in [0.25, 0.3) is 0 Å². The largest absolute Gasteiger partial charge is 0.382 e. The number of benzene rings is 1. The lowest BCUT2D eigenvalue weighted by atomic mass is 9.97. The number of aliphatic imine (C=N–C) groups is 1. The summed E-state index contributed by atoms with van der Waals surface area (Å²) < 4.78 is 14.5. The van der Waals surface area contributed by atoms with Crippen molar-refractivity contribution in [3.05, 3.63) is 64.7 Å². The number of fused-ring (bicyclic) bond motifs is 1. The fraction of sp³-hybridized carbons (Fsp3) is 0.400. The summed E-state index contributed by atoms with van der Waals surface area (Å²) in [7, 11) is 0. The second kappa shape index (κ2) is 9.82. The monoisotopic (exact) mass is 481 g/mol. The molecule has 1 aromatic carbocycles. The molecule has 2 aromatic heterocycles. The minimum atomic E-state index is -0.373. The molecule has 3 N–H and O–H groups in total. The van der Waals surface area contributed by atoms with E-state index in [-0.39, 0.29) is 17.9 Å². The normalized spacial score (nSPS) is 24.9. The zero-order valence-corrected chi connectivity index (χ0v) is 20.1. The highest BCUT2D eigenvalue weighted by Gasteiger charge is 2.30. The van der Waals surface area contributed by atoms with Crippen molar-refractivity contribution in [3.63, 3.8) is 0 Å². The summed E-state index contributed by atoms with van der Waals surface area (Å²) in [6.45, 7) is 8.36. The number of anilines is 1. The third-order valence-electron chi connectivity index (χ3n) is 6.35. The van der Waals surface area contributed by atoms with E-state index in [1.165, 1.54) is 6.07 Å². The fourth-order valence-corrected chi connectivity index (χ4v) is 5.09. The highest BCUT2D eigenvalue weighted by Crippen LogP contribution is 2.36. The topological polar surface area (TPSA) is 77.5 Å². The Hall–Kier alpha value is -2.81. The molecule has 7 nitrogen and oxygen atoms in total. The van der Waals surface area contributed by atoms with E-state index in [0.717, 1.165) is 48.6 Å². The minimum Gasteiger partial charge on any atom is -0.382 e. The van der Waals surface area contributed by atoms with Gasteiger partial charge in [0, 0.05) is 48.8 Å². The van der Waals surface area contributed by atoms with E-state index in [0.29, 0.717) is 22.7 Å². The first-order chi connectivity index (χ1) is 16.5. The van der Waals surface area contributed by atoms with Gasteiger partial charge in [0.15, 0.2) is 0 Å². The van der Waals surface area contributed by atoms with Crippen molar-refractivity contribution in [1.29, 1.82) is 0 Å². The van der Waals surface area contributed by atoms with Crippen LogP contribution in [0, 0.1) is 5.82 Å². The third kappa shape index (κ3) is 4.99. The molecule has 34 heavy (non-hydrogen) atoms. The molecule has 9 heteroatoms. The molecule has 4 atom stereocenters. The highest BCUT2D eigenvalue weighted by atomic mass is 35.5. The number of piperazine rings is 1. The van der Waals surface area contributed by atoms with Crippen LogP contribution in [0.1, 0.15) is 37.2 Å². The Morgan fingerprint density at radius 2 is 1.94 bits per heavy atom. The van der Waals surface area contributed by atoms with E-state index in [2.05, 4.69) is 44.7 Å². The lowest BCUT2D eigenvalue weighted by Gasteiger charge is -2.36. The number of nitrogens with zero attached hydrogens (tertiary/aromatic N) is 4. The lowest BCUT2D eigenvalue weighted by Crippen LogP contribution is -2.54. The quantitative estimate of drug-likeness (QED) is 0.495. The molecule has 2 aliphatic heterocycles. The third-order valence-corrected chi connectivity index (χ3v) is 6.59. The van der Waals surface area contributed by atoms with E-state index in [1.54, 1.807) is 18.5 Å². The smallest absolute Gasteiger partial charge is 0.128 e. The molecule has 0 amide bonds. The Morgan fingerprint density at radius 3 is 2.76 bits per heavy atom. The van der Waals surface area contributed by atoms with Crippen molar-refractivity contribution in [3.8, 4) is 0 Å². The first kappa shape index (κ1) is 23.0. The van der Waals surface area contributed by atoms with Gasteiger partial charge in [-0.05, 0) is 50.2 Å². The molecule has 1 saturated heterocycles. The molecule has 3 aromatic rings. The van der Waals surface area contributed by atoms with Crippen LogP contribution in [0.3, 0.4) is 0 Å². The Morgan fingerprint density at radius 1 is 1.12 bits per heavy atom. The van der Waals surface area contributed by atoms with Gasteiger partial charge in [-0.15, -0.1) is 0 Å². The molecule has 0 saturated carbocycles. The van der Waals surface area contributed by atoms with E-state index in [1.807, 2.05) is 24.4 Å². The van der Waals surface area contributed by atoms with Crippen molar-refractivity contribution < 1.29 is 4.39 Å². The van der Waals surface area contributed by atoms with Crippen molar-refractivity contribution in [1.82, 2.24) is 25.5 Å². The second-order valence-corrected chi connectivity index (χ2v) is 9.62. The zero-order valence-electron chi connectivity index (χ0n) is 19.3. The molecular weight excluding hydrogens is 453 g/mol. The van der Waals surface area contributed by atoms with Crippen LogP contribution in [-0.2, 0) is 0 Å². The Balaban J connectivity index is 1.31. The number of halogens is 2. The van der Waals surface area contributed by atoms with Crippen molar-refractivity contribution in [2.45, 2.75) is 38.0 Å². The van der Waals surface area contributed by atoms with E-state index >= 15 is 0 Å². The number of hydrogen-bond donors (Lipinski definition) is 3. The van der Waals surface area contributed by atoms with Crippen LogP contribution in [0.4, 0.5) is 10.1 Å². The predicted octanol–water partition coefficient (Wildman–Crippen LogP) is 3.93. The lowest BCUT2D eigenvalue weighted by molar-refractivity contribution is 0.179. The number of aromatic nitrogens is 2. The molecule has 0 aliphatic carbocycles. The van der Waals surface area contributed by atoms with Crippen LogP contribution in [0.5, 0.6) is 0 Å². The maximum atomic E-state index is 14.5. The second-order valence-electron chi connectivity index (χ2n) is 9.19. The van der Waals surface area contributed by atoms with E-state index in [9.17, 15) is 4.39 Å². The molecule has 1 fully saturated rings. The van der Waals surface area contributed by atoms with Crippen molar-refractivity contribution >= 4 is 34.7 Å². The molecule has 0 bridgehead atoms. The molecule has 2 aliphatic rings. The van der Waals surface area contributed by atoms with Gasteiger partial charge in [0.05, 0.1) is 41.0 Å². The van der Waals surface area contributed by atoms with Gasteiger partial charge in [0.2, 0.25) is 0 Å². The number of hydrogen-bond acceptors (Lipinski definition) is 7. The van der Waals surface area contributed by atoms with Gasteiger partial charge >= 0.3 is 0 Å². The summed E-state index contributed by atoms with van der Waals surface area (Å²) >= 11 is 6.12. The van der Waals surface area contributed by atoms with Gasteiger partial charge in [-0.3, -0.25) is 14.9 Å². The summed E-state index contributed by atoms with van der Waals surface area (Å²) in [4.78, 5) is 16.4. The average Bonchev–Trinajstić information content (AvgIpc) is 3.29. The number of rotatable bonds is 6. The summed E-state index contributed by atoms with van der Waals surface area (Å²) in [5.74, 6) is -0.320. The van der Waals surface area contributed by atoms with Crippen LogP contribution in [0.2, 0.25) is 5.02 Å². The molecule has 0 radical (unpaired) electrons. The SMILES string of the molecule is C[C@@H]1CN(CCNc2cnc3ccc(C4N=CNC4c4cc(Cl)ccc4F)nc3c2)C[C@H](C)N1. The van der Waals surface area contributed by atoms with Crippen LogP contribution in [0.25, 0.3) is 11.0 Å². The maximum Gasteiger partial charge on any atom is 0.128 e. The summed E-state index contributed by atoms with van der Waals surface area (Å²) in [5.41, 5.74) is 3.74. The van der Waals surface area contributed by atoms with E-state index < -0.39 is 0 Å². The zero-order chi connectivity index (χ0) is 23.7. The van der Waals surface area contributed by atoms with Crippen LogP contribution < -0.4 is 16.0 Å². The summed E-state index contributed by atoms with van der Waals surface area (Å²) in [6, 6.07) is 10.7. The molecule has 2 unspecified atom stereocenters. The van der Waals surface area contributed by atoms with Gasteiger partial charge in [-0.25, -0.2) is 9.37 Å². The molecule has 5 rings (SSSR count). The molecular formula is C25H29ClFN7. The molecule has 0 spiro atoms. The standard InChI is InChI=1S/C25H29ClFN7/c1-15-12-34(13-16(2)32-15)8-7-28-18-10-23-21(29-11-18)5-6-22(33-23)25-24(30-14-31-25)19-9-17(26)3-4-20(19)27/h3-6,9-11,14-16,24-25,28,32H,7-8,12-13H2,1-2H3,(H,30,31)/t15-,16+,24?,25?. The summed E-state index contributed by atoms with van der Waals surface area (Å²) in [6.07, 6.45) is 3.45. The summed E-state index contributed by atoms with van der Waals surface area (Å²) in [5, 5.41) is 10.7. The van der Waals surface area contributed by atoms with Crippen LogP contribution >= 0.6 is 11.6 Å². The molecule has 4 heterocycles. The maximum absolute atomic E-state index is 14.5. The number of pyridine rings is 2. The van der Waals surface area contributed by atoms with Gasteiger partial charge in [-0.1, -0.05) is 11.6 Å². The van der Waals surface area contributed by atoms with Gasteiger partial charge in [0.1, 0.15) is 11.9 Å². The Kier molecular flexibility index (Phi) is 6.63. The minimum absolute atomic E-state index is 0.320. The molecule has 178 valence electrons. The van der Waals surface area contributed by atoms with E-state index in [4.69, 9.17) is 16.6 Å². The van der Waals surface area contributed by atoms with Crippen molar-refractivity contribution in [2.75, 3.05) is 31.5 Å². The first-order valence-electron chi connectivity index (χ1n) is 11.7. The average molecular weight is 482 g/mol. The van der Waals surface area contributed by atoms with Crippen LogP contribution in [0.15, 0.2) is 47.6 Å². The Bertz CT molecular complexity index is 1190.